The van der Waals surface area contributed by atoms with E-state index >= 15 is 0 Å². The summed E-state index contributed by atoms with van der Waals surface area (Å²) in [7, 11) is 3.06. The van der Waals surface area contributed by atoms with Crippen molar-refractivity contribution in [1.29, 1.82) is 0 Å². The molecule has 258 valence electrons. The highest BCUT2D eigenvalue weighted by Gasteiger charge is 2.68. The van der Waals surface area contributed by atoms with Crippen LogP contribution < -0.4 is 19.7 Å². The number of aromatic nitrogens is 4. The molecule has 1 fully saturated rings. The number of fused-ring (bicyclic) bond motifs is 3. The number of imide groups is 1. The van der Waals surface area contributed by atoms with Gasteiger partial charge < -0.3 is 24.3 Å². The number of nitrogens with one attached hydrogen (secondary N) is 1. The number of ether oxygens (including phenoxy) is 4. The van der Waals surface area contributed by atoms with Crippen molar-refractivity contribution in [3.05, 3.63) is 59.3 Å². The highest BCUT2D eigenvalue weighted by Crippen LogP contribution is 2.67. The number of nitrogens with zero attached hydrogens (tertiary/aromatic N) is 5. The van der Waals surface area contributed by atoms with Gasteiger partial charge in [0.25, 0.3) is 5.88 Å². The predicted molar refractivity (Wildman–Crippen MR) is 183 cm³/mol. The number of carbonyl (C=O) groups excluding carboxylic acids is 3. The van der Waals surface area contributed by atoms with Crippen LogP contribution in [0, 0.1) is 0 Å². The Hall–Kier alpha value is -5.20. The Balaban J connectivity index is 1.44. The smallest absolute Gasteiger partial charge is 0.435 e. The first-order valence-electron chi connectivity index (χ1n) is 16.2. The molecule has 1 spiro atoms. The van der Waals surface area contributed by atoms with Crippen LogP contribution in [0.1, 0.15) is 90.5 Å². The van der Waals surface area contributed by atoms with Gasteiger partial charge in [-0.2, -0.15) is 9.78 Å². The summed E-state index contributed by atoms with van der Waals surface area (Å²) < 4.78 is 23.6. The molecule has 1 aliphatic heterocycles. The lowest BCUT2D eigenvalue weighted by molar-refractivity contribution is -0.120. The van der Waals surface area contributed by atoms with Gasteiger partial charge in [0.2, 0.25) is 5.91 Å². The zero-order valence-corrected chi connectivity index (χ0v) is 29.5. The third-order valence-corrected chi connectivity index (χ3v) is 8.54. The normalized spacial score (nSPS) is 18.6. The van der Waals surface area contributed by atoms with Crippen LogP contribution in [0.25, 0.3) is 10.9 Å². The summed E-state index contributed by atoms with van der Waals surface area (Å²) in [6.45, 7) is 14.6. The fraction of sp³-hybridized carbons (Fsp3) is 0.444. The van der Waals surface area contributed by atoms with Crippen LogP contribution in [0.15, 0.2) is 42.5 Å². The second kappa shape index (κ2) is 11.7. The van der Waals surface area contributed by atoms with Crippen molar-refractivity contribution in [3.63, 3.8) is 0 Å². The Morgan fingerprint density at radius 2 is 1.61 bits per heavy atom. The third kappa shape index (κ3) is 6.02. The van der Waals surface area contributed by atoms with Crippen LogP contribution >= 0.6 is 0 Å². The molecule has 3 heterocycles. The lowest BCUT2D eigenvalue weighted by Crippen LogP contribution is -2.41. The molecule has 0 bridgehead atoms. The maximum atomic E-state index is 14.3. The van der Waals surface area contributed by atoms with Crippen molar-refractivity contribution in [3.8, 4) is 11.6 Å². The molecule has 2 aromatic carbocycles. The summed E-state index contributed by atoms with van der Waals surface area (Å²) in [6.07, 6.45) is -0.957. The quantitative estimate of drug-likeness (QED) is 0.222. The number of hydrogen-bond donors (Lipinski definition) is 1. The average molecular weight is 671 g/mol. The number of amides is 2. The van der Waals surface area contributed by atoms with Crippen LogP contribution in [0.4, 0.5) is 26.8 Å². The van der Waals surface area contributed by atoms with E-state index in [0.717, 1.165) is 16.2 Å². The van der Waals surface area contributed by atoms with E-state index in [1.165, 1.54) is 11.8 Å². The van der Waals surface area contributed by atoms with Gasteiger partial charge >= 0.3 is 12.2 Å². The summed E-state index contributed by atoms with van der Waals surface area (Å²) >= 11 is 0. The Bertz CT molecular complexity index is 1990. The molecule has 2 aliphatic rings. The number of hydrogen-bond acceptors (Lipinski definition) is 11. The first-order valence-corrected chi connectivity index (χ1v) is 16.2. The van der Waals surface area contributed by atoms with E-state index in [-0.39, 0.29) is 23.6 Å². The molecule has 1 aliphatic carbocycles. The van der Waals surface area contributed by atoms with E-state index in [2.05, 4.69) is 20.6 Å². The van der Waals surface area contributed by atoms with E-state index in [1.807, 2.05) is 44.2 Å². The summed E-state index contributed by atoms with van der Waals surface area (Å²) in [4.78, 5) is 42.3. The maximum absolute atomic E-state index is 14.3. The summed E-state index contributed by atoms with van der Waals surface area (Å²) in [5.41, 5.74) is 1.11. The molecule has 2 aromatic heterocycles. The molecule has 0 radical (unpaired) electrons. The molecule has 2 amide bonds. The van der Waals surface area contributed by atoms with Crippen molar-refractivity contribution in [2.24, 2.45) is 0 Å². The van der Waals surface area contributed by atoms with E-state index in [0.29, 0.717) is 45.8 Å². The van der Waals surface area contributed by atoms with Gasteiger partial charge in [-0.05, 0) is 101 Å². The van der Waals surface area contributed by atoms with Gasteiger partial charge in [-0.1, -0.05) is 19.9 Å². The molecule has 0 saturated heterocycles. The fourth-order valence-corrected chi connectivity index (χ4v) is 6.24. The number of rotatable bonds is 6. The minimum Gasteiger partial charge on any atom is -0.497 e. The van der Waals surface area contributed by atoms with E-state index in [9.17, 15) is 14.4 Å². The Labute approximate surface area is 284 Å². The van der Waals surface area contributed by atoms with Crippen LogP contribution in [-0.4, -0.2) is 63.5 Å². The van der Waals surface area contributed by atoms with Crippen LogP contribution in [0.5, 0.6) is 11.6 Å². The van der Waals surface area contributed by atoms with Gasteiger partial charge in [-0.3, -0.25) is 4.79 Å². The molecule has 0 unspecified atom stereocenters. The molecular formula is C36H42N6O7. The highest BCUT2D eigenvalue weighted by atomic mass is 16.6. The molecule has 1 saturated carbocycles. The number of methoxy groups -OCH3 is 2. The number of benzene rings is 2. The minimum atomic E-state index is -1.02. The van der Waals surface area contributed by atoms with E-state index in [4.69, 9.17) is 18.9 Å². The first-order chi connectivity index (χ1) is 23.0. The fourth-order valence-electron chi connectivity index (χ4n) is 6.24. The first kappa shape index (κ1) is 33.7. The second-order valence-corrected chi connectivity index (χ2v) is 14.7. The molecule has 4 aromatic rings. The van der Waals surface area contributed by atoms with Gasteiger partial charge in [0, 0.05) is 11.3 Å². The average Bonchev–Trinajstić information content (AvgIpc) is 3.60. The van der Waals surface area contributed by atoms with Gasteiger partial charge in [0.15, 0.2) is 5.82 Å². The predicted octanol–water partition coefficient (Wildman–Crippen LogP) is 7.20. The maximum Gasteiger partial charge on any atom is 0.435 e. The molecular weight excluding hydrogens is 628 g/mol. The molecule has 2 atom stereocenters. The van der Waals surface area contributed by atoms with E-state index < -0.39 is 28.8 Å². The van der Waals surface area contributed by atoms with Gasteiger partial charge in [-0.25, -0.2) is 14.5 Å². The Kier molecular flexibility index (Phi) is 8.07. The zero-order valence-electron chi connectivity index (χ0n) is 29.5. The molecule has 49 heavy (non-hydrogen) atoms. The zero-order chi connectivity index (χ0) is 35.6. The number of carbonyl (C=O) groups is 3. The SMILES string of the molecule is COc1ccc2c(c1)[C@]1(C[C@H]1c1ccc3c(Nc4cc(C(C)C)nnc4OC)nn(C(=O)OC(C)(C)C)c3c1)C(=O)N2C(=O)OC(C)(C)C. The minimum absolute atomic E-state index is 0.109. The summed E-state index contributed by atoms with van der Waals surface area (Å²) in [5, 5.41) is 17.0. The molecule has 6 rings (SSSR count). The largest absolute Gasteiger partial charge is 0.497 e. The van der Waals surface area contributed by atoms with Crippen molar-refractivity contribution in [1.82, 2.24) is 20.0 Å². The van der Waals surface area contributed by atoms with Crippen molar-refractivity contribution in [2.45, 2.75) is 90.3 Å². The third-order valence-electron chi connectivity index (χ3n) is 8.54. The highest BCUT2D eigenvalue weighted by molar-refractivity contribution is 6.23. The Morgan fingerprint density at radius 1 is 0.918 bits per heavy atom. The van der Waals surface area contributed by atoms with Gasteiger partial charge in [0.05, 0.1) is 36.5 Å². The van der Waals surface area contributed by atoms with Crippen molar-refractivity contribution >= 4 is 46.2 Å². The lowest BCUT2D eigenvalue weighted by atomic mass is 9.91. The van der Waals surface area contributed by atoms with Crippen molar-refractivity contribution in [2.75, 3.05) is 24.4 Å². The second-order valence-electron chi connectivity index (χ2n) is 14.7. The summed E-state index contributed by atoms with van der Waals surface area (Å²) in [5.74, 6) is 0.651. The number of anilines is 3. The Morgan fingerprint density at radius 3 is 2.24 bits per heavy atom. The van der Waals surface area contributed by atoms with Gasteiger partial charge in [0.1, 0.15) is 22.6 Å². The summed E-state index contributed by atoms with van der Waals surface area (Å²) in [6, 6.07) is 12.7. The standard InChI is InChI=1S/C36H42N6O7/c1-19(2)25-17-26(30(47-10)39-38-25)37-29-22-13-11-20(15-28(22)42(40-29)33(45)49-35(6,7)8)24-18-36(24)23-16-21(46-9)12-14-27(23)41(31(36)43)32(44)48-34(3,4)5/h11-17,19,24H,18H2,1-10H3,(H,37,38,40)/t24-,36-/m0/s1. The van der Waals surface area contributed by atoms with Crippen LogP contribution in [-0.2, 0) is 19.7 Å². The van der Waals surface area contributed by atoms with Crippen LogP contribution in [0.3, 0.4) is 0 Å². The van der Waals surface area contributed by atoms with Crippen LogP contribution in [0.2, 0.25) is 0 Å². The monoisotopic (exact) mass is 670 g/mol. The molecule has 13 heteroatoms. The van der Waals surface area contributed by atoms with Crippen molar-refractivity contribution < 1.29 is 33.3 Å². The topological polar surface area (TPSA) is 147 Å². The lowest BCUT2D eigenvalue weighted by Gasteiger charge is -2.24. The van der Waals surface area contributed by atoms with E-state index in [1.54, 1.807) is 60.8 Å². The molecule has 1 N–H and O–H groups in total. The molecule has 13 nitrogen and oxygen atoms in total. The van der Waals surface area contributed by atoms with Gasteiger partial charge in [-0.15, -0.1) is 10.2 Å².